The number of aliphatic hydroxyl groups is 1. The number of hydrogen-bond acceptors (Lipinski definition) is 5. The number of pyridine rings is 1. The maximum Gasteiger partial charge on any atom is 0.275 e. The first kappa shape index (κ1) is 18.2. The molecule has 8 nitrogen and oxygen atoms in total. The van der Waals surface area contributed by atoms with Crippen molar-refractivity contribution in [3.05, 3.63) is 110 Å². The van der Waals surface area contributed by atoms with E-state index in [9.17, 15) is 25.3 Å². The Morgan fingerprint density at radius 1 is 0.815 bits per heavy atom. The van der Waals surface area contributed by atoms with Gasteiger partial charge in [0.05, 0.1) is 15.4 Å². The summed E-state index contributed by atoms with van der Waals surface area (Å²) < 4.78 is 1.71. The van der Waals surface area contributed by atoms with Gasteiger partial charge in [-0.15, -0.1) is 0 Å². The highest BCUT2D eigenvalue weighted by molar-refractivity contribution is 5.43. The molecular weight excluding hydrogens is 350 g/mol. The number of aliphatic hydroxyl groups excluding tert-OH is 1. The summed E-state index contributed by atoms with van der Waals surface area (Å²) in [6, 6.07) is 16.4. The molecule has 0 saturated carbocycles. The van der Waals surface area contributed by atoms with E-state index >= 15 is 0 Å². The van der Waals surface area contributed by atoms with Crippen LogP contribution in [0.25, 0.3) is 0 Å². The number of nitrogens with zero attached hydrogens (tertiary/aromatic N) is 3. The van der Waals surface area contributed by atoms with Crippen molar-refractivity contribution in [2.45, 2.75) is 12.1 Å². The average Bonchev–Trinajstić information content (AvgIpc) is 2.69. The second kappa shape index (κ2) is 7.71. The molecule has 2 atom stereocenters. The Bertz CT molecular complexity index is 961. The minimum Gasteiger partial charge on any atom is -0.381 e. The van der Waals surface area contributed by atoms with Crippen molar-refractivity contribution in [3.63, 3.8) is 0 Å². The molecule has 2 aromatic carbocycles. The third-order valence-corrected chi connectivity index (χ3v) is 4.26. The van der Waals surface area contributed by atoms with E-state index in [4.69, 9.17) is 0 Å². The quantitative estimate of drug-likeness (QED) is 0.409. The molecule has 0 fully saturated rings. The lowest BCUT2D eigenvalue weighted by molar-refractivity contribution is -0.722. The van der Waals surface area contributed by atoms with Crippen LogP contribution in [0.4, 0.5) is 11.4 Å². The van der Waals surface area contributed by atoms with Gasteiger partial charge >= 0.3 is 0 Å². The van der Waals surface area contributed by atoms with Gasteiger partial charge in [-0.2, -0.15) is 4.57 Å². The van der Waals surface area contributed by atoms with Crippen molar-refractivity contribution in [1.29, 1.82) is 0 Å². The van der Waals surface area contributed by atoms with E-state index in [2.05, 4.69) is 0 Å². The van der Waals surface area contributed by atoms with Crippen LogP contribution in [0, 0.1) is 20.2 Å². The predicted molar refractivity (Wildman–Crippen MR) is 95.9 cm³/mol. The van der Waals surface area contributed by atoms with Gasteiger partial charge in [0.25, 0.3) is 11.4 Å². The molecule has 27 heavy (non-hydrogen) atoms. The second-order valence-corrected chi connectivity index (χ2v) is 5.88. The lowest BCUT2D eigenvalue weighted by Crippen LogP contribution is -2.42. The summed E-state index contributed by atoms with van der Waals surface area (Å²) in [6.45, 7) is 0. The van der Waals surface area contributed by atoms with Crippen LogP contribution in [0.2, 0.25) is 0 Å². The Balaban J connectivity index is 2.11. The van der Waals surface area contributed by atoms with Crippen molar-refractivity contribution in [1.82, 2.24) is 0 Å². The molecule has 0 amide bonds. The number of nitro benzene ring substituents is 2. The van der Waals surface area contributed by atoms with Crippen molar-refractivity contribution < 1.29 is 19.5 Å². The first-order chi connectivity index (χ1) is 13.0. The summed E-state index contributed by atoms with van der Waals surface area (Å²) in [4.78, 5) is 21.2. The fourth-order valence-electron chi connectivity index (χ4n) is 2.98. The third-order valence-electron chi connectivity index (χ3n) is 4.26. The molecule has 3 aromatic rings. The summed E-state index contributed by atoms with van der Waals surface area (Å²) >= 11 is 0. The highest BCUT2D eigenvalue weighted by Crippen LogP contribution is 2.34. The molecule has 0 aliphatic rings. The van der Waals surface area contributed by atoms with E-state index in [0.29, 0.717) is 5.56 Å². The number of non-ortho nitro benzene ring substituents is 1. The Morgan fingerprint density at radius 3 is 2.04 bits per heavy atom. The summed E-state index contributed by atoms with van der Waals surface area (Å²) in [5.41, 5.74) is 0.494. The number of hydrogen-bond donors (Lipinski definition) is 1. The Labute approximate surface area is 154 Å². The lowest BCUT2D eigenvalue weighted by Gasteiger charge is -2.19. The first-order valence-corrected chi connectivity index (χ1v) is 8.10. The SMILES string of the molecule is O=[N+]([O-])c1ccc([C@H]([C@H](O)c2ccccc2[N+](=O)[O-])[n+]2ccccc2)cc1. The Morgan fingerprint density at radius 2 is 1.44 bits per heavy atom. The molecule has 136 valence electrons. The number of para-hydroxylation sites is 1. The van der Waals surface area contributed by atoms with Gasteiger partial charge in [0.15, 0.2) is 18.5 Å². The average molecular weight is 366 g/mol. The maximum atomic E-state index is 11.4. The number of nitro groups is 2. The van der Waals surface area contributed by atoms with Gasteiger partial charge in [-0.25, -0.2) is 0 Å². The van der Waals surface area contributed by atoms with E-state index in [1.807, 2.05) is 0 Å². The van der Waals surface area contributed by atoms with Crippen molar-refractivity contribution in [3.8, 4) is 0 Å². The number of rotatable bonds is 6. The zero-order chi connectivity index (χ0) is 19.4. The van der Waals surface area contributed by atoms with Gasteiger partial charge in [0.1, 0.15) is 0 Å². The smallest absolute Gasteiger partial charge is 0.275 e. The molecule has 0 aliphatic heterocycles. The Kier molecular flexibility index (Phi) is 5.18. The molecule has 3 rings (SSSR count). The van der Waals surface area contributed by atoms with Crippen molar-refractivity contribution in [2.24, 2.45) is 0 Å². The van der Waals surface area contributed by atoms with Gasteiger partial charge in [0.2, 0.25) is 6.04 Å². The van der Waals surface area contributed by atoms with E-state index in [-0.39, 0.29) is 16.9 Å². The fourth-order valence-corrected chi connectivity index (χ4v) is 2.98. The Hall–Kier alpha value is -3.65. The van der Waals surface area contributed by atoms with Crippen LogP contribution in [0.5, 0.6) is 0 Å². The zero-order valence-electron chi connectivity index (χ0n) is 14.1. The van der Waals surface area contributed by atoms with E-state index in [1.54, 1.807) is 53.4 Å². The van der Waals surface area contributed by atoms with Crippen molar-refractivity contribution >= 4 is 11.4 Å². The summed E-state index contributed by atoms with van der Waals surface area (Å²) in [5, 5.41) is 33.3. The van der Waals surface area contributed by atoms with Crippen LogP contribution < -0.4 is 4.57 Å². The largest absolute Gasteiger partial charge is 0.381 e. The summed E-state index contributed by atoms with van der Waals surface area (Å²) in [6.07, 6.45) is 2.22. The molecule has 1 heterocycles. The van der Waals surface area contributed by atoms with E-state index in [0.717, 1.165) is 0 Å². The summed E-state index contributed by atoms with van der Waals surface area (Å²) in [7, 11) is 0. The van der Waals surface area contributed by atoms with Crippen LogP contribution in [0.1, 0.15) is 23.3 Å². The van der Waals surface area contributed by atoms with Gasteiger partial charge in [-0.1, -0.05) is 18.2 Å². The van der Waals surface area contributed by atoms with Crippen LogP contribution >= 0.6 is 0 Å². The van der Waals surface area contributed by atoms with E-state index < -0.39 is 22.0 Å². The molecule has 1 aromatic heterocycles. The normalized spacial score (nSPS) is 12.9. The molecule has 0 unspecified atom stereocenters. The minimum absolute atomic E-state index is 0.0734. The fraction of sp³-hybridized carbons (Fsp3) is 0.105. The maximum absolute atomic E-state index is 11.4. The van der Waals surface area contributed by atoms with Crippen LogP contribution in [-0.4, -0.2) is 15.0 Å². The zero-order valence-corrected chi connectivity index (χ0v) is 14.1. The minimum atomic E-state index is -1.24. The van der Waals surface area contributed by atoms with Gasteiger partial charge in [0, 0.05) is 35.9 Å². The van der Waals surface area contributed by atoms with Crippen LogP contribution in [-0.2, 0) is 0 Å². The molecule has 0 spiro atoms. The molecule has 0 aliphatic carbocycles. The number of benzene rings is 2. The third kappa shape index (κ3) is 3.80. The van der Waals surface area contributed by atoms with Crippen LogP contribution in [0.3, 0.4) is 0 Å². The standard InChI is InChI=1S/C19H16N3O5/c23-19(16-6-2-3-7-17(16)22(26)27)18(20-12-4-1-5-13-20)14-8-10-15(11-9-14)21(24)25/h1-13,18-19,23H/q+1/t18-,19-/m1/s1. The topological polar surface area (TPSA) is 110 Å². The molecule has 0 bridgehead atoms. The van der Waals surface area contributed by atoms with Crippen LogP contribution in [0.15, 0.2) is 79.1 Å². The van der Waals surface area contributed by atoms with E-state index in [1.165, 1.54) is 30.3 Å². The van der Waals surface area contributed by atoms with Gasteiger partial charge in [-0.05, 0) is 18.2 Å². The highest BCUT2D eigenvalue weighted by Gasteiger charge is 2.35. The van der Waals surface area contributed by atoms with Crippen molar-refractivity contribution in [2.75, 3.05) is 0 Å². The summed E-state index contributed by atoms with van der Waals surface area (Å²) in [5.74, 6) is 0. The molecule has 0 radical (unpaired) electrons. The second-order valence-electron chi connectivity index (χ2n) is 5.88. The first-order valence-electron chi connectivity index (χ1n) is 8.10. The predicted octanol–water partition coefficient (Wildman–Crippen LogP) is 3.11. The van der Waals surface area contributed by atoms with Gasteiger partial charge < -0.3 is 5.11 Å². The highest BCUT2D eigenvalue weighted by atomic mass is 16.6. The molecular formula is C19H16N3O5+. The molecule has 8 heteroatoms. The number of aromatic nitrogens is 1. The molecule has 0 saturated heterocycles. The van der Waals surface area contributed by atoms with Gasteiger partial charge in [-0.3, -0.25) is 20.2 Å². The lowest BCUT2D eigenvalue weighted by atomic mass is 9.94. The monoisotopic (exact) mass is 366 g/mol. The molecule has 1 N–H and O–H groups in total.